The number of fused-ring (bicyclic) bond motifs is 1. The number of rotatable bonds is 5. The van der Waals surface area contributed by atoms with Gasteiger partial charge in [-0.15, -0.1) is 0 Å². The lowest BCUT2D eigenvalue weighted by Gasteiger charge is -2.38. The molecule has 2 aliphatic carbocycles. The Morgan fingerprint density at radius 3 is 2.32 bits per heavy atom. The SMILES string of the molecule is CC(C)[C@]1(C(=O)N2CCc3ncc(C(F)(F)F)cc3C2)CCC(=O)C1.COC(=O)C1CCC(OC)(OC)C1. The summed E-state index contributed by atoms with van der Waals surface area (Å²) in [6.45, 7) is 4.40. The number of carbonyl (C=O) groups excluding carboxylic acids is 3. The maximum absolute atomic E-state index is 13.1. The Morgan fingerprint density at radius 2 is 1.82 bits per heavy atom. The van der Waals surface area contributed by atoms with Gasteiger partial charge in [-0.05, 0) is 30.4 Å². The summed E-state index contributed by atoms with van der Waals surface area (Å²) >= 11 is 0. The lowest BCUT2D eigenvalue weighted by atomic mass is 9.74. The first kappa shape index (κ1) is 30.0. The number of esters is 1. The van der Waals surface area contributed by atoms with Crippen molar-refractivity contribution in [1.29, 1.82) is 0 Å². The van der Waals surface area contributed by atoms with Crippen LogP contribution < -0.4 is 0 Å². The van der Waals surface area contributed by atoms with E-state index in [0.29, 0.717) is 43.5 Å². The van der Waals surface area contributed by atoms with Crippen molar-refractivity contribution >= 4 is 17.7 Å². The molecule has 0 bridgehead atoms. The van der Waals surface area contributed by atoms with Crippen LogP contribution in [0, 0.1) is 17.3 Å². The minimum atomic E-state index is -4.45. The molecule has 2 fully saturated rings. The quantitative estimate of drug-likeness (QED) is 0.404. The van der Waals surface area contributed by atoms with Gasteiger partial charge in [0.1, 0.15) is 5.78 Å². The molecule has 1 aromatic heterocycles. The largest absolute Gasteiger partial charge is 0.469 e. The number of Topliss-reactive ketones (excluding diaryl/α,β-unsaturated/α-hetero) is 1. The summed E-state index contributed by atoms with van der Waals surface area (Å²) < 4.78 is 53.9. The second-order valence-electron chi connectivity index (χ2n) is 10.6. The van der Waals surface area contributed by atoms with Gasteiger partial charge >= 0.3 is 12.1 Å². The van der Waals surface area contributed by atoms with Gasteiger partial charge in [0, 0.05) is 71.3 Å². The summed E-state index contributed by atoms with van der Waals surface area (Å²) in [4.78, 5) is 41.7. The average molecular weight is 543 g/mol. The molecule has 8 nitrogen and oxygen atoms in total. The lowest BCUT2D eigenvalue weighted by Crippen LogP contribution is -2.47. The molecule has 11 heteroatoms. The molecule has 1 unspecified atom stereocenters. The van der Waals surface area contributed by atoms with Gasteiger partial charge in [-0.3, -0.25) is 19.4 Å². The summed E-state index contributed by atoms with van der Waals surface area (Å²) in [6, 6.07) is 1.09. The van der Waals surface area contributed by atoms with Crippen LogP contribution in [0.5, 0.6) is 0 Å². The first-order chi connectivity index (χ1) is 17.8. The van der Waals surface area contributed by atoms with Gasteiger partial charge in [0.25, 0.3) is 0 Å². The van der Waals surface area contributed by atoms with E-state index in [0.717, 1.165) is 25.1 Å². The van der Waals surface area contributed by atoms with Crippen molar-refractivity contribution in [1.82, 2.24) is 9.88 Å². The number of nitrogens with zero attached hydrogens (tertiary/aromatic N) is 2. The van der Waals surface area contributed by atoms with Crippen LogP contribution in [0.25, 0.3) is 0 Å². The van der Waals surface area contributed by atoms with Crippen LogP contribution in [-0.4, -0.2) is 61.2 Å². The molecule has 1 aromatic rings. The molecule has 2 saturated carbocycles. The highest BCUT2D eigenvalue weighted by Gasteiger charge is 2.49. The Hall–Kier alpha value is -2.53. The lowest BCUT2D eigenvalue weighted by molar-refractivity contribution is -0.203. The van der Waals surface area contributed by atoms with E-state index in [1.807, 2.05) is 13.8 Å². The number of aromatic nitrogens is 1. The number of amides is 1. The van der Waals surface area contributed by atoms with E-state index in [4.69, 9.17) is 9.47 Å². The van der Waals surface area contributed by atoms with E-state index >= 15 is 0 Å². The standard InChI is InChI=1S/C18H21F3N2O2.C9H16O4/c1-11(2)17(5-3-14(24)8-17)16(25)23-6-4-15-12(10-23)7-13(9-22-15)18(19,20)21;1-11-8(10)7-4-5-9(6-7,12-2)13-3/h7,9,11H,3-6,8,10H2,1-2H3;7H,4-6H2,1-3H3/t17-;/m0./s1. The Bertz CT molecular complexity index is 1040. The molecule has 0 spiro atoms. The summed E-state index contributed by atoms with van der Waals surface area (Å²) in [7, 11) is 4.61. The van der Waals surface area contributed by atoms with Crippen molar-refractivity contribution in [3.63, 3.8) is 0 Å². The molecule has 0 N–H and O–H groups in total. The van der Waals surface area contributed by atoms with Gasteiger partial charge in [0.05, 0.1) is 24.0 Å². The van der Waals surface area contributed by atoms with Gasteiger partial charge in [-0.25, -0.2) is 0 Å². The van der Waals surface area contributed by atoms with Crippen molar-refractivity contribution in [2.45, 2.75) is 77.3 Å². The number of methoxy groups -OCH3 is 3. The Balaban J connectivity index is 0.000000260. The zero-order valence-electron chi connectivity index (χ0n) is 22.7. The van der Waals surface area contributed by atoms with Crippen LogP contribution in [0.15, 0.2) is 12.3 Å². The highest BCUT2D eigenvalue weighted by molar-refractivity contribution is 5.93. The van der Waals surface area contributed by atoms with Crippen molar-refractivity contribution in [2.75, 3.05) is 27.9 Å². The topological polar surface area (TPSA) is 95.0 Å². The van der Waals surface area contributed by atoms with Gasteiger partial charge in [0.15, 0.2) is 5.79 Å². The summed E-state index contributed by atoms with van der Waals surface area (Å²) in [5.41, 5.74) is -0.463. The first-order valence-corrected chi connectivity index (χ1v) is 12.8. The van der Waals surface area contributed by atoms with Crippen LogP contribution in [0.1, 0.15) is 69.2 Å². The molecule has 3 aliphatic rings. The molecule has 2 heterocycles. The van der Waals surface area contributed by atoms with Gasteiger partial charge in [-0.1, -0.05) is 13.8 Å². The highest BCUT2D eigenvalue weighted by Crippen LogP contribution is 2.45. The molecule has 1 amide bonds. The normalized spacial score (nSPS) is 24.6. The second kappa shape index (κ2) is 11.7. The number of carbonyl (C=O) groups is 3. The number of halogens is 3. The number of pyridine rings is 1. The number of ether oxygens (including phenoxy) is 3. The third-order valence-electron chi connectivity index (χ3n) is 8.26. The zero-order valence-corrected chi connectivity index (χ0v) is 22.7. The smallest absolute Gasteiger partial charge is 0.417 e. The predicted molar refractivity (Wildman–Crippen MR) is 131 cm³/mol. The first-order valence-electron chi connectivity index (χ1n) is 12.8. The van der Waals surface area contributed by atoms with E-state index in [9.17, 15) is 27.6 Å². The molecule has 212 valence electrons. The van der Waals surface area contributed by atoms with Crippen molar-refractivity contribution in [3.8, 4) is 0 Å². The van der Waals surface area contributed by atoms with Gasteiger partial charge < -0.3 is 19.1 Å². The van der Waals surface area contributed by atoms with Crippen molar-refractivity contribution < 1.29 is 41.8 Å². The average Bonchev–Trinajstić information content (AvgIpc) is 3.52. The summed E-state index contributed by atoms with van der Waals surface area (Å²) in [6.07, 6.45) is 0.0867. The van der Waals surface area contributed by atoms with Crippen LogP contribution >= 0.6 is 0 Å². The van der Waals surface area contributed by atoms with Crippen LogP contribution in [0.2, 0.25) is 0 Å². The van der Waals surface area contributed by atoms with Gasteiger partial charge in [0.2, 0.25) is 5.91 Å². The van der Waals surface area contributed by atoms with Crippen LogP contribution in [0.3, 0.4) is 0 Å². The summed E-state index contributed by atoms with van der Waals surface area (Å²) in [5.74, 6) is -0.843. The van der Waals surface area contributed by atoms with Gasteiger partial charge in [-0.2, -0.15) is 13.2 Å². The van der Waals surface area contributed by atoms with E-state index < -0.39 is 22.9 Å². The number of hydrogen-bond acceptors (Lipinski definition) is 7. The predicted octanol–water partition coefficient (Wildman–Crippen LogP) is 4.33. The van der Waals surface area contributed by atoms with E-state index in [2.05, 4.69) is 9.72 Å². The molecule has 1 aliphatic heterocycles. The minimum Gasteiger partial charge on any atom is -0.469 e. The van der Waals surface area contributed by atoms with E-state index in [1.165, 1.54) is 7.11 Å². The third-order valence-corrected chi connectivity index (χ3v) is 8.26. The molecule has 0 aromatic carbocycles. The number of alkyl halides is 3. The third kappa shape index (κ3) is 6.20. The number of hydrogen-bond donors (Lipinski definition) is 0. The molecule has 2 atom stereocenters. The minimum absolute atomic E-state index is 0.00693. The van der Waals surface area contributed by atoms with Crippen LogP contribution in [0.4, 0.5) is 13.2 Å². The molecule has 0 saturated heterocycles. The fourth-order valence-electron chi connectivity index (χ4n) is 5.68. The molecular weight excluding hydrogens is 505 g/mol. The fraction of sp³-hybridized carbons (Fsp3) is 0.704. The number of ketones is 1. The van der Waals surface area contributed by atoms with E-state index in [-0.39, 0.29) is 42.5 Å². The maximum atomic E-state index is 13.1. The van der Waals surface area contributed by atoms with Crippen LogP contribution in [-0.2, 0) is 47.7 Å². The fourth-order valence-corrected chi connectivity index (χ4v) is 5.68. The molecule has 4 rings (SSSR count). The maximum Gasteiger partial charge on any atom is 0.417 e. The zero-order chi connectivity index (χ0) is 28.3. The second-order valence-corrected chi connectivity index (χ2v) is 10.6. The van der Waals surface area contributed by atoms with E-state index in [1.54, 1.807) is 19.1 Å². The Labute approximate surface area is 221 Å². The van der Waals surface area contributed by atoms with Crippen molar-refractivity contribution in [3.05, 3.63) is 29.1 Å². The molecule has 38 heavy (non-hydrogen) atoms. The van der Waals surface area contributed by atoms with Crippen molar-refractivity contribution in [2.24, 2.45) is 17.3 Å². The Kier molecular flexibility index (Phi) is 9.24. The Morgan fingerprint density at radius 1 is 1.13 bits per heavy atom. The highest BCUT2D eigenvalue weighted by atomic mass is 19.4. The summed E-state index contributed by atoms with van der Waals surface area (Å²) in [5, 5.41) is 0. The molecule has 0 radical (unpaired) electrons. The molecular formula is C27H37F3N2O6. The monoisotopic (exact) mass is 542 g/mol.